The van der Waals surface area contributed by atoms with Crippen LogP contribution in [0.25, 0.3) is 0 Å². The van der Waals surface area contributed by atoms with Crippen molar-refractivity contribution in [1.29, 1.82) is 5.26 Å². The summed E-state index contributed by atoms with van der Waals surface area (Å²) in [5, 5.41) is 12.0. The minimum atomic E-state index is -0.503. The van der Waals surface area contributed by atoms with Gasteiger partial charge in [0, 0.05) is 30.5 Å². The number of amides is 1. The first-order valence-electron chi connectivity index (χ1n) is 7.82. The third-order valence-corrected chi connectivity index (χ3v) is 3.66. The molecule has 0 saturated carbocycles. The lowest BCUT2D eigenvalue weighted by atomic mass is 10.0. The Morgan fingerprint density at radius 2 is 2.22 bits per heavy atom. The Kier molecular flexibility index (Phi) is 4.99. The van der Waals surface area contributed by atoms with E-state index >= 15 is 0 Å². The second kappa shape index (κ2) is 6.78. The molecule has 1 amide bonds. The minimum Gasteiger partial charge on any atom is -0.444 e. The number of nitriles is 1. The van der Waals surface area contributed by atoms with Crippen molar-refractivity contribution >= 4 is 17.5 Å². The Morgan fingerprint density at radius 1 is 1.48 bits per heavy atom. The second-order valence-corrected chi connectivity index (χ2v) is 6.81. The maximum Gasteiger partial charge on any atom is 0.407 e. The summed E-state index contributed by atoms with van der Waals surface area (Å²) >= 11 is 0. The highest BCUT2D eigenvalue weighted by molar-refractivity contribution is 5.68. The van der Waals surface area contributed by atoms with Crippen LogP contribution in [0.4, 0.5) is 16.2 Å². The number of alkyl carbamates (subject to hydrolysis) is 1. The van der Waals surface area contributed by atoms with Crippen LogP contribution in [0.5, 0.6) is 0 Å². The topological polar surface area (TPSA) is 91.4 Å². The Balaban J connectivity index is 2.01. The highest BCUT2D eigenvalue weighted by Crippen LogP contribution is 2.24. The normalized spacial score (nSPS) is 18.2. The molecule has 0 radical (unpaired) electrons. The maximum absolute atomic E-state index is 11.9. The van der Waals surface area contributed by atoms with E-state index in [2.05, 4.69) is 16.3 Å². The third-order valence-electron chi connectivity index (χ3n) is 3.66. The van der Waals surface area contributed by atoms with E-state index in [-0.39, 0.29) is 12.1 Å². The van der Waals surface area contributed by atoms with Gasteiger partial charge in [0.15, 0.2) is 0 Å². The number of nitrogens with two attached hydrogens (primary N) is 1. The molecular weight excluding hydrogens is 292 g/mol. The van der Waals surface area contributed by atoms with Crippen molar-refractivity contribution in [3.8, 4) is 6.07 Å². The molecular formula is C17H24N4O2. The Bertz CT molecular complexity index is 616. The number of piperidine rings is 1. The molecule has 6 nitrogen and oxygen atoms in total. The standard InChI is InChI=1S/C17H24N4O2/c1-17(2,3)23-16(22)20-13-5-4-8-21(11-13)14-6-7-15(19)12(9-14)10-18/h6-7,9,13H,4-5,8,11,19H2,1-3H3,(H,20,22)/t13-/m1/s1. The number of ether oxygens (including phenoxy) is 1. The summed E-state index contributed by atoms with van der Waals surface area (Å²) < 4.78 is 5.31. The number of hydrogen-bond donors (Lipinski definition) is 2. The summed E-state index contributed by atoms with van der Waals surface area (Å²) in [6.45, 7) is 7.11. The van der Waals surface area contributed by atoms with Gasteiger partial charge < -0.3 is 20.7 Å². The van der Waals surface area contributed by atoms with E-state index in [9.17, 15) is 4.79 Å². The zero-order valence-electron chi connectivity index (χ0n) is 13.9. The van der Waals surface area contributed by atoms with Crippen molar-refractivity contribution in [2.45, 2.75) is 45.3 Å². The summed E-state index contributed by atoms with van der Waals surface area (Å²) in [6, 6.07) is 7.59. The molecule has 0 spiro atoms. The molecule has 1 aromatic rings. The van der Waals surface area contributed by atoms with Gasteiger partial charge in [-0.1, -0.05) is 0 Å². The lowest BCUT2D eigenvalue weighted by molar-refractivity contribution is 0.0500. The van der Waals surface area contributed by atoms with Gasteiger partial charge in [0.1, 0.15) is 11.7 Å². The Labute approximate surface area is 137 Å². The van der Waals surface area contributed by atoms with Gasteiger partial charge in [-0.05, 0) is 51.8 Å². The fourth-order valence-corrected chi connectivity index (χ4v) is 2.64. The quantitative estimate of drug-likeness (QED) is 0.818. The number of nitrogens with one attached hydrogen (secondary N) is 1. The first kappa shape index (κ1) is 16.9. The summed E-state index contributed by atoms with van der Waals surface area (Å²) in [5.74, 6) is 0. The number of nitrogens with zero attached hydrogens (tertiary/aromatic N) is 2. The van der Waals surface area contributed by atoms with E-state index in [1.165, 1.54) is 0 Å². The molecule has 2 rings (SSSR count). The van der Waals surface area contributed by atoms with Gasteiger partial charge in [0.05, 0.1) is 5.56 Å². The SMILES string of the molecule is CC(C)(C)OC(=O)N[C@@H]1CCCN(c2ccc(N)c(C#N)c2)C1. The van der Waals surface area contributed by atoms with Gasteiger partial charge in [-0.2, -0.15) is 5.26 Å². The van der Waals surface area contributed by atoms with Crippen molar-refractivity contribution in [2.24, 2.45) is 0 Å². The molecule has 3 N–H and O–H groups in total. The van der Waals surface area contributed by atoms with Crippen molar-refractivity contribution in [3.63, 3.8) is 0 Å². The molecule has 6 heteroatoms. The van der Waals surface area contributed by atoms with Crippen molar-refractivity contribution < 1.29 is 9.53 Å². The highest BCUT2D eigenvalue weighted by Gasteiger charge is 2.24. The van der Waals surface area contributed by atoms with Gasteiger partial charge in [-0.25, -0.2) is 4.79 Å². The van der Waals surface area contributed by atoms with E-state index in [0.717, 1.165) is 25.1 Å². The predicted octanol–water partition coefficient (Wildman–Crippen LogP) is 2.63. The molecule has 1 saturated heterocycles. The molecule has 1 aromatic carbocycles. The average molecular weight is 316 g/mol. The van der Waals surface area contributed by atoms with Crippen molar-refractivity contribution in [3.05, 3.63) is 23.8 Å². The van der Waals surface area contributed by atoms with Crippen LogP contribution in [0.3, 0.4) is 0 Å². The van der Waals surface area contributed by atoms with E-state index in [1.54, 1.807) is 12.1 Å². The van der Waals surface area contributed by atoms with E-state index in [4.69, 9.17) is 15.7 Å². The highest BCUT2D eigenvalue weighted by atomic mass is 16.6. The average Bonchev–Trinajstić information content (AvgIpc) is 2.46. The lowest BCUT2D eigenvalue weighted by Crippen LogP contribution is -2.49. The molecule has 1 fully saturated rings. The van der Waals surface area contributed by atoms with E-state index in [1.807, 2.05) is 26.8 Å². The molecule has 0 aromatic heterocycles. The van der Waals surface area contributed by atoms with Crippen LogP contribution in [0.2, 0.25) is 0 Å². The minimum absolute atomic E-state index is 0.0293. The van der Waals surface area contributed by atoms with Crippen LogP contribution in [-0.2, 0) is 4.74 Å². The number of carbonyl (C=O) groups excluding carboxylic acids is 1. The van der Waals surface area contributed by atoms with E-state index < -0.39 is 5.60 Å². The van der Waals surface area contributed by atoms with Gasteiger partial charge in [0.25, 0.3) is 0 Å². The smallest absolute Gasteiger partial charge is 0.407 e. The fourth-order valence-electron chi connectivity index (χ4n) is 2.64. The van der Waals surface area contributed by atoms with E-state index in [0.29, 0.717) is 17.8 Å². The second-order valence-electron chi connectivity index (χ2n) is 6.81. The first-order chi connectivity index (χ1) is 10.8. The van der Waals surface area contributed by atoms with Crippen LogP contribution < -0.4 is 16.0 Å². The number of benzene rings is 1. The fraction of sp³-hybridized carbons (Fsp3) is 0.529. The van der Waals surface area contributed by atoms with Gasteiger partial charge in [0.2, 0.25) is 0 Å². The van der Waals surface area contributed by atoms with Gasteiger partial charge in [-0.3, -0.25) is 0 Å². The number of carbonyl (C=O) groups is 1. The zero-order chi connectivity index (χ0) is 17.0. The number of rotatable bonds is 2. The summed E-state index contributed by atoms with van der Waals surface area (Å²) in [6.07, 6.45) is 1.49. The summed E-state index contributed by atoms with van der Waals surface area (Å²) in [7, 11) is 0. The zero-order valence-corrected chi connectivity index (χ0v) is 13.9. The molecule has 23 heavy (non-hydrogen) atoms. The van der Waals surface area contributed by atoms with Crippen LogP contribution >= 0.6 is 0 Å². The van der Waals surface area contributed by atoms with Gasteiger partial charge in [-0.15, -0.1) is 0 Å². The number of nitrogen functional groups attached to an aromatic ring is 1. The molecule has 0 unspecified atom stereocenters. The summed E-state index contributed by atoms with van der Waals surface area (Å²) in [4.78, 5) is 14.1. The largest absolute Gasteiger partial charge is 0.444 e. The lowest BCUT2D eigenvalue weighted by Gasteiger charge is -2.35. The monoisotopic (exact) mass is 316 g/mol. The molecule has 0 aliphatic carbocycles. The van der Waals surface area contributed by atoms with Crippen LogP contribution in [0.1, 0.15) is 39.2 Å². The molecule has 0 bridgehead atoms. The summed E-state index contributed by atoms with van der Waals surface area (Å²) in [5.41, 5.74) is 7.17. The first-order valence-corrected chi connectivity index (χ1v) is 7.82. The Hall–Kier alpha value is -2.42. The Morgan fingerprint density at radius 3 is 2.87 bits per heavy atom. The molecule has 1 aliphatic rings. The van der Waals surface area contributed by atoms with Crippen LogP contribution in [0.15, 0.2) is 18.2 Å². The molecule has 1 heterocycles. The van der Waals surface area contributed by atoms with Crippen molar-refractivity contribution in [1.82, 2.24) is 5.32 Å². The number of hydrogen-bond acceptors (Lipinski definition) is 5. The maximum atomic E-state index is 11.9. The van der Waals surface area contributed by atoms with Crippen LogP contribution in [-0.4, -0.2) is 30.8 Å². The third kappa shape index (κ3) is 4.78. The molecule has 124 valence electrons. The molecule has 1 aliphatic heterocycles. The molecule has 1 atom stereocenters. The van der Waals surface area contributed by atoms with Crippen molar-refractivity contribution in [2.75, 3.05) is 23.7 Å². The number of anilines is 2. The van der Waals surface area contributed by atoms with Gasteiger partial charge >= 0.3 is 6.09 Å². The van der Waals surface area contributed by atoms with Crippen LogP contribution in [0, 0.1) is 11.3 Å². The predicted molar refractivity (Wildman–Crippen MR) is 90.2 cm³/mol.